The van der Waals surface area contributed by atoms with Gasteiger partial charge in [-0.25, -0.2) is 17.9 Å². The minimum Gasteiger partial charge on any atom is -0.477 e. The lowest BCUT2D eigenvalue weighted by molar-refractivity contribution is -0.128. The van der Waals surface area contributed by atoms with Gasteiger partial charge in [-0.1, -0.05) is 0 Å². The summed E-state index contributed by atoms with van der Waals surface area (Å²) >= 11 is 0.639. The topological polar surface area (TPSA) is 104 Å². The Labute approximate surface area is 114 Å². The number of likely N-dealkylation sites (N-methyl/N-ethyl adjacent to an activating group) is 1. The van der Waals surface area contributed by atoms with E-state index in [1.165, 1.54) is 17.0 Å². The number of thiophene rings is 1. The van der Waals surface area contributed by atoms with Gasteiger partial charge in [-0.3, -0.25) is 4.79 Å². The minimum atomic E-state index is -3.85. The predicted octanol–water partition coefficient (Wildman–Crippen LogP) is 0.203. The zero-order chi connectivity index (χ0) is 14.6. The van der Waals surface area contributed by atoms with Crippen molar-refractivity contribution in [3.05, 3.63) is 17.0 Å². The number of nitrogens with zero attached hydrogens (tertiary/aromatic N) is 1. The van der Waals surface area contributed by atoms with Crippen LogP contribution < -0.4 is 4.72 Å². The molecule has 0 fully saturated rings. The van der Waals surface area contributed by atoms with Crippen LogP contribution in [0.4, 0.5) is 0 Å². The number of hydrogen-bond acceptors (Lipinski definition) is 5. The Morgan fingerprint density at radius 2 is 2.05 bits per heavy atom. The Morgan fingerprint density at radius 1 is 1.42 bits per heavy atom. The number of carbonyl (C=O) groups excluding carboxylic acids is 1. The molecule has 0 radical (unpaired) electrons. The van der Waals surface area contributed by atoms with Crippen LogP contribution >= 0.6 is 11.3 Å². The molecule has 0 bridgehead atoms. The average molecular weight is 306 g/mol. The van der Waals surface area contributed by atoms with Gasteiger partial charge in [0, 0.05) is 13.6 Å². The average Bonchev–Trinajstić information content (AvgIpc) is 2.85. The summed E-state index contributed by atoms with van der Waals surface area (Å²) in [6.07, 6.45) is 0. The standard InChI is InChI=1S/C10H14N2O5S2/c1-3-12(2)8(13)6-11-19(16,17)9-5-4-7(18-9)10(14)15/h4-5,11H,3,6H2,1-2H3,(H,14,15). The van der Waals surface area contributed by atoms with Gasteiger partial charge in [0.25, 0.3) is 10.0 Å². The molecule has 2 N–H and O–H groups in total. The molecule has 0 unspecified atom stereocenters. The summed E-state index contributed by atoms with van der Waals surface area (Å²) in [6.45, 7) is 1.89. The number of carbonyl (C=O) groups is 2. The molecule has 1 heterocycles. The van der Waals surface area contributed by atoms with Crippen LogP contribution in [-0.4, -0.2) is 50.4 Å². The summed E-state index contributed by atoms with van der Waals surface area (Å²) in [7, 11) is -2.29. The maximum Gasteiger partial charge on any atom is 0.345 e. The quantitative estimate of drug-likeness (QED) is 0.781. The maximum absolute atomic E-state index is 11.8. The van der Waals surface area contributed by atoms with Crippen molar-refractivity contribution in [1.29, 1.82) is 0 Å². The van der Waals surface area contributed by atoms with Crippen LogP contribution in [0.5, 0.6) is 0 Å². The molecule has 19 heavy (non-hydrogen) atoms. The van der Waals surface area contributed by atoms with Gasteiger partial charge < -0.3 is 10.0 Å². The summed E-state index contributed by atoms with van der Waals surface area (Å²) in [5, 5.41) is 8.72. The lowest BCUT2D eigenvalue weighted by Gasteiger charge is -2.14. The highest BCUT2D eigenvalue weighted by Gasteiger charge is 2.20. The SMILES string of the molecule is CCN(C)C(=O)CNS(=O)(=O)c1ccc(C(=O)O)s1. The monoisotopic (exact) mass is 306 g/mol. The van der Waals surface area contributed by atoms with Crippen LogP contribution in [0.2, 0.25) is 0 Å². The van der Waals surface area contributed by atoms with E-state index in [1.54, 1.807) is 14.0 Å². The van der Waals surface area contributed by atoms with Gasteiger partial charge in [-0.05, 0) is 19.1 Å². The molecule has 0 aliphatic heterocycles. The number of sulfonamides is 1. The Bertz CT molecular complexity index is 578. The van der Waals surface area contributed by atoms with Crippen molar-refractivity contribution in [3.63, 3.8) is 0 Å². The molecule has 9 heteroatoms. The molecule has 1 aromatic rings. The lowest BCUT2D eigenvalue weighted by atomic mass is 10.5. The molecular weight excluding hydrogens is 292 g/mol. The largest absolute Gasteiger partial charge is 0.477 e. The predicted molar refractivity (Wildman–Crippen MR) is 69.8 cm³/mol. The van der Waals surface area contributed by atoms with E-state index in [9.17, 15) is 18.0 Å². The van der Waals surface area contributed by atoms with Gasteiger partial charge in [0.15, 0.2) is 0 Å². The van der Waals surface area contributed by atoms with E-state index in [0.29, 0.717) is 17.9 Å². The highest BCUT2D eigenvalue weighted by atomic mass is 32.2. The van der Waals surface area contributed by atoms with E-state index in [2.05, 4.69) is 4.72 Å². The van der Waals surface area contributed by atoms with Gasteiger partial charge in [-0.15, -0.1) is 11.3 Å². The van der Waals surface area contributed by atoms with Crippen molar-refractivity contribution >= 4 is 33.2 Å². The Hall–Kier alpha value is -1.45. The molecule has 1 rings (SSSR count). The molecule has 0 aliphatic carbocycles. The van der Waals surface area contributed by atoms with Gasteiger partial charge in [0.1, 0.15) is 9.09 Å². The van der Waals surface area contributed by atoms with Crippen LogP contribution in [-0.2, 0) is 14.8 Å². The van der Waals surface area contributed by atoms with E-state index in [-0.39, 0.29) is 21.5 Å². The molecule has 0 atom stereocenters. The highest BCUT2D eigenvalue weighted by molar-refractivity contribution is 7.91. The second-order valence-corrected chi connectivity index (χ2v) is 6.73. The van der Waals surface area contributed by atoms with E-state index in [1.807, 2.05) is 0 Å². The van der Waals surface area contributed by atoms with Gasteiger partial charge in [0.05, 0.1) is 6.54 Å². The Kier molecular flexibility index (Phi) is 5.04. The molecule has 0 aromatic carbocycles. The fourth-order valence-electron chi connectivity index (χ4n) is 1.12. The fraction of sp³-hybridized carbons (Fsp3) is 0.400. The molecule has 1 amide bonds. The summed E-state index contributed by atoms with van der Waals surface area (Å²) in [6, 6.07) is 2.41. The number of nitrogens with one attached hydrogen (secondary N) is 1. The molecule has 7 nitrogen and oxygen atoms in total. The summed E-state index contributed by atoms with van der Waals surface area (Å²) in [4.78, 5) is 23.4. The Balaban J connectivity index is 2.76. The fourth-order valence-corrected chi connectivity index (χ4v) is 3.28. The zero-order valence-electron chi connectivity index (χ0n) is 10.4. The minimum absolute atomic E-state index is 0.0719. The number of amides is 1. The van der Waals surface area contributed by atoms with Crippen LogP contribution in [0.1, 0.15) is 16.6 Å². The van der Waals surface area contributed by atoms with Crippen molar-refractivity contribution in [2.75, 3.05) is 20.1 Å². The van der Waals surface area contributed by atoms with E-state index < -0.39 is 16.0 Å². The first-order chi connectivity index (χ1) is 8.77. The van der Waals surface area contributed by atoms with Crippen LogP contribution in [0.25, 0.3) is 0 Å². The number of hydrogen-bond donors (Lipinski definition) is 2. The van der Waals surface area contributed by atoms with Gasteiger partial charge in [-0.2, -0.15) is 0 Å². The smallest absolute Gasteiger partial charge is 0.345 e. The van der Waals surface area contributed by atoms with Crippen LogP contribution in [0.15, 0.2) is 16.3 Å². The molecular formula is C10H14N2O5S2. The molecule has 0 saturated carbocycles. The molecule has 0 spiro atoms. The molecule has 0 saturated heterocycles. The first kappa shape index (κ1) is 15.6. The van der Waals surface area contributed by atoms with Crippen molar-refractivity contribution in [2.24, 2.45) is 0 Å². The van der Waals surface area contributed by atoms with Crippen LogP contribution in [0.3, 0.4) is 0 Å². The molecule has 1 aromatic heterocycles. The summed E-state index contributed by atoms with van der Waals surface area (Å²) in [5.74, 6) is -1.55. The normalized spacial score (nSPS) is 11.3. The van der Waals surface area contributed by atoms with Crippen molar-refractivity contribution in [1.82, 2.24) is 9.62 Å². The van der Waals surface area contributed by atoms with Gasteiger partial charge >= 0.3 is 5.97 Å². The highest BCUT2D eigenvalue weighted by Crippen LogP contribution is 2.21. The van der Waals surface area contributed by atoms with E-state index in [0.717, 1.165) is 0 Å². The van der Waals surface area contributed by atoms with Crippen molar-refractivity contribution in [2.45, 2.75) is 11.1 Å². The van der Waals surface area contributed by atoms with Crippen molar-refractivity contribution in [3.8, 4) is 0 Å². The van der Waals surface area contributed by atoms with Gasteiger partial charge in [0.2, 0.25) is 5.91 Å². The van der Waals surface area contributed by atoms with E-state index in [4.69, 9.17) is 5.11 Å². The lowest BCUT2D eigenvalue weighted by Crippen LogP contribution is -2.37. The third-order valence-corrected chi connectivity index (χ3v) is 5.34. The van der Waals surface area contributed by atoms with Crippen molar-refractivity contribution < 1.29 is 23.1 Å². The molecule has 0 aliphatic rings. The first-order valence-corrected chi connectivity index (χ1v) is 7.64. The maximum atomic E-state index is 11.8. The number of aromatic carboxylic acids is 1. The second-order valence-electron chi connectivity index (χ2n) is 3.66. The van der Waals surface area contributed by atoms with E-state index >= 15 is 0 Å². The summed E-state index contributed by atoms with van der Waals surface area (Å²) < 4.78 is 25.7. The number of carboxylic acids is 1. The first-order valence-electron chi connectivity index (χ1n) is 5.34. The van der Waals surface area contributed by atoms with Crippen LogP contribution in [0, 0.1) is 0 Å². The third kappa shape index (κ3) is 4.01. The molecule has 106 valence electrons. The third-order valence-electron chi connectivity index (χ3n) is 2.37. The number of carboxylic acid groups (broad SMARTS) is 1. The Morgan fingerprint density at radius 3 is 2.53 bits per heavy atom. The second kappa shape index (κ2) is 6.13. The summed E-state index contributed by atoms with van der Waals surface area (Å²) in [5.41, 5.74) is 0. The number of rotatable bonds is 6. The zero-order valence-corrected chi connectivity index (χ0v) is 12.0.